The molecule has 0 spiro atoms. The van der Waals surface area contributed by atoms with E-state index in [4.69, 9.17) is 20.4 Å². The third-order valence-corrected chi connectivity index (χ3v) is 2.50. The molecule has 0 aromatic carbocycles. The molecule has 0 amide bonds. The van der Waals surface area contributed by atoms with Gasteiger partial charge < -0.3 is 20.4 Å². The summed E-state index contributed by atoms with van der Waals surface area (Å²) in [7, 11) is 0. The zero-order chi connectivity index (χ0) is 15.1. The largest absolute Gasteiger partial charge is 0.396 e. The highest BCUT2D eigenvalue weighted by Crippen LogP contribution is 2.11. The van der Waals surface area contributed by atoms with Gasteiger partial charge in [-0.15, -0.1) is 19.7 Å². The third kappa shape index (κ3) is 9.58. The lowest BCUT2D eigenvalue weighted by Gasteiger charge is -2.23. The molecule has 0 saturated heterocycles. The van der Waals surface area contributed by atoms with E-state index in [2.05, 4.69) is 24.6 Å². The van der Waals surface area contributed by atoms with Gasteiger partial charge in [0.25, 0.3) is 0 Å². The molecule has 5 nitrogen and oxygen atoms in total. The highest BCUT2D eigenvalue weighted by atomic mass is 16.3. The van der Waals surface area contributed by atoms with Gasteiger partial charge in [0.2, 0.25) is 0 Å². The van der Waals surface area contributed by atoms with Gasteiger partial charge in [0.15, 0.2) is 0 Å². The second-order valence-electron chi connectivity index (χ2n) is 4.22. The number of aliphatic hydroxyl groups is 4. The van der Waals surface area contributed by atoms with Crippen LogP contribution in [0.3, 0.4) is 0 Å². The van der Waals surface area contributed by atoms with Gasteiger partial charge in [-0.25, -0.2) is 0 Å². The summed E-state index contributed by atoms with van der Waals surface area (Å²) >= 11 is 0. The molecule has 0 aromatic heterocycles. The molecule has 0 fully saturated rings. The molecule has 5 heteroatoms. The van der Waals surface area contributed by atoms with E-state index in [0.717, 1.165) is 19.6 Å². The predicted octanol–water partition coefficient (Wildman–Crippen LogP) is -0.212. The molecule has 112 valence electrons. The lowest BCUT2D eigenvalue weighted by Crippen LogP contribution is -2.37. The van der Waals surface area contributed by atoms with Gasteiger partial charge in [-0.2, -0.15) is 0 Å². The van der Waals surface area contributed by atoms with Crippen LogP contribution in [-0.4, -0.2) is 71.4 Å². The topological polar surface area (TPSA) is 84.2 Å². The van der Waals surface area contributed by atoms with Gasteiger partial charge >= 0.3 is 0 Å². The van der Waals surface area contributed by atoms with Crippen LogP contribution >= 0.6 is 0 Å². The number of nitrogens with zero attached hydrogens (tertiary/aromatic N) is 1. The Morgan fingerprint density at radius 3 is 1.05 bits per heavy atom. The maximum Gasteiger partial charge on any atom is 0.0627 e. The van der Waals surface area contributed by atoms with Crippen molar-refractivity contribution in [1.29, 1.82) is 0 Å². The van der Waals surface area contributed by atoms with Crippen LogP contribution in [0.15, 0.2) is 38.0 Å². The van der Waals surface area contributed by atoms with Crippen molar-refractivity contribution in [2.75, 3.05) is 46.1 Å². The van der Waals surface area contributed by atoms with Crippen molar-refractivity contribution in [1.82, 2.24) is 4.90 Å². The van der Waals surface area contributed by atoms with Gasteiger partial charge in [0.05, 0.1) is 31.8 Å². The normalized spacial score (nSPS) is 10.6. The van der Waals surface area contributed by atoms with Gasteiger partial charge in [-0.3, -0.25) is 4.90 Å². The van der Waals surface area contributed by atoms with E-state index in [1.54, 1.807) is 0 Å². The Kier molecular flexibility index (Phi) is 14.4. The van der Waals surface area contributed by atoms with Crippen molar-refractivity contribution >= 4 is 0 Å². The average molecular weight is 273 g/mol. The molecule has 0 aliphatic carbocycles. The quantitative estimate of drug-likeness (QED) is 0.414. The van der Waals surface area contributed by atoms with Crippen molar-refractivity contribution in [3.63, 3.8) is 0 Å². The zero-order valence-electron chi connectivity index (χ0n) is 11.5. The maximum absolute atomic E-state index is 8.50. The van der Waals surface area contributed by atoms with Gasteiger partial charge in [-0.05, 0) is 0 Å². The first kappa shape index (κ1) is 20.3. The molecular formula is C14H27NO4. The summed E-state index contributed by atoms with van der Waals surface area (Å²) in [6.45, 7) is 12.0. The molecule has 0 rings (SSSR count). The van der Waals surface area contributed by atoms with Crippen LogP contribution in [0.25, 0.3) is 0 Å². The van der Waals surface area contributed by atoms with E-state index in [0.29, 0.717) is 0 Å². The maximum atomic E-state index is 8.50. The lowest BCUT2D eigenvalue weighted by atomic mass is 9.93. The summed E-state index contributed by atoms with van der Waals surface area (Å²) in [5.41, 5.74) is -1.11. The van der Waals surface area contributed by atoms with E-state index >= 15 is 0 Å². The standard InChI is InChI=1S/C9H15N.C5H12O4/c1-4-7-10(8-5-2)9-6-3;6-1-5(2-7,3-8)4-9/h4-6H,1-3,7-9H2;6-9H,1-4H2. The molecule has 0 atom stereocenters. The molecule has 19 heavy (non-hydrogen) atoms. The second kappa shape index (κ2) is 13.5. The molecule has 4 N–H and O–H groups in total. The minimum absolute atomic E-state index is 0.406. The Morgan fingerprint density at radius 2 is 0.947 bits per heavy atom. The molecule has 0 heterocycles. The Hall–Kier alpha value is -0.980. The van der Waals surface area contributed by atoms with Crippen LogP contribution in [0.4, 0.5) is 0 Å². The van der Waals surface area contributed by atoms with E-state index in [1.807, 2.05) is 18.2 Å². The van der Waals surface area contributed by atoms with Crippen LogP contribution in [0.5, 0.6) is 0 Å². The lowest BCUT2D eigenvalue weighted by molar-refractivity contribution is -0.0328. The Bertz CT molecular complexity index is 198. The van der Waals surface area contributed by atoms with Crippen molar-refractivity contribution in [2.24, 2.45) is 5.41 Å². The first-order chi connectivity index (χ1) is 9.09. The van der Waals surface area contributed by atoms with E-state index in [9.17, 15) is 0 Å². The number of aliphatic hydroxyl groups excluding tert-OH is 4. The number of hydrogen-bond acceptors (Lipinski definition) is 5. The monoisotopic (exact) mass is 273 g/mol. The highest BCUT2D eigenvalue weighted by Gasteiger charge is 2.26. The van der Waals surface area contributed by atoms with Gasteiger partial charge in [0.1, 0.15) is 0 Å². The van der Waals surface area contributed by atoms with Crippen LogP contribution < -0.4 is 0 Å². The molecule has 0 saturated carbocycles. The predicted molar refractivity (Wildman–Crippen MR) is 77.8 cm³/mol. The summed E-state index contributed by atoms with van der Waals surface area (Å²) in [4.78, 5) is 2.19. The molecular weight excluding hydrogens is 246 g/mol. The molecule has 0 aliphatic rings. The van der Waals surface area contributed by atoms with Crippen LogP contribution in [0.1, 0.15) is 0 Å². The molecule has 0 bridgehead atoms. The summed E-state index contributed by atoms with van der Waals surface area (Å²) in [5.74, 6) is 0. The third-order valence-electron chi connectivity index (χ3n) is 2.50. The van der Waals surface area contributed by atoms with Crippen LogP contribution in [0, 0.1) is 5.41 Å². The Morgan fingerprint density at radius 1 is 0.684 bits per heavy atom. The smallest absolute Gasteiger partial charge is 0.0627 e. The molecule has 0 aliphatic heterocycles. The van der Waals surface area contributed by atoms with Crippen LogP contribution in [0.2, 0.25) is 0 Å². The fourth-order valence-corrected chi connectivity index (χ4v) is 1.07. The fraction of sp³-hybridized carbons (Fsp3) is 0.571. The van der Waals surface area contributed by atoms with E-state index in [-0.39, 0.29) is 0 Å². The van der Waals surface area contributed by atoms with Crippen LogP contribution in [-0.2, 0) is 0 Å². The number of rotatable bonds is 10. The Labute approximate surface area is 115 Å². The SMILES string of the molecule is C=CCN(CC=C)CC=C.OCC(CO)(CO)CO. The fourth-order valence-electron chi connectivity index (χ4n) is 1.07. The Balaban J connectivity index is 0. The first-order valence-corrected chi connectivity index (χ1v) is 6.08. The first-order valence-electron chi connectivity index (χ1n) is 6.08. The van der Waals surface area contributed by atoms with Gasteiger partial charge in [0, 0.05) is 19.6 Å². The van der Waals surface area contributed by atoms with E-state index in [1.165, 1.54) is 0 Å². The molecule has 0 unspecified atom stereocenters. The van der Waals surface area contributed by atoms with Gasteiger partial charge in [-0.1, -0.05) is 18.2 Å². The summed E-state index contributed by atoms with van der Waals surface area (Å²) < 4.78 is 0. The summed E-state index contributed by atoms with van der Waals surface area (Å²) in [5, 5.41) is 34.0. The molecule has 0 aromatic rings. The van der Waals surface area contributed by atoms with Crippen molar-refractivity contribution in [3.05, 3.63) is 38.0 Å². The van der Waals surface area contributed by atoms with Crippen molar-refractivity contribution in [2.45, 2.75) is 0 Å². The average Bonchev–Trinajstić information content (AvgIpc) is 2.44. The minimum Gasteiger partial charge on any atom is -0.396 e. The zero-order valence-corrected chi connectivity index (χ0v) is 11.5. The van der Waals surface area contributed by atoms with E-state index < -0.39 is 31.8 Å². The van der Waals surface area contributed by atoms with Crippen molar-refractivity contribution < 1.29 is 20.4 Å². The minimum atomic E-state index is -1.11. The molecule has 0 radical (unpaired) electrons. The second-order valence-corrected chi connectivity index (χ2v) is 4.22. The summed E-state index contributed by atoms with van der Waals surface area (Å²) in [6.07, 6.45) is 5.65. The van der Waals surface area contributed by atoms with Crippen molar-refractivity contribution in [3.8, 4) is 0 Å². The number of hydrogen-bond donors (Lipinski definition) is 4. The summed E-state index contributed by atoms with van der Waals surface area (Å²) in [6, 6.07) is 0. The highest BCUT2D eigenvalue weighted by molar-refractivity contribution is 4.83.